The van der Waals surface area contributed by atoms with Gasteiger partial charge >= 0.3 is 0 Å². The van der Waals surface area contributed by atoms with Gasteiger partial charge in [0.05, 0.1) is 0 Å². The van der Waals surface area contributed by atoms with Crippen LogP contribution in [0.4, 0.5) is 0 Å². The minimum atomic E-state index is 0.524. The van der Waals surface area contributed by atoms with Gasteiger partial charge < -0.3 is 10.6 Å². The predicted octanol–water partition coefficient (Wildman–Crippen LogP) is 0.595. The van der Waals surface area contributed by atoms with E-state index in [0.29, 0.717) is 5.41 Å². The highest BCUT2D eigenvalue weighted by Crippen LogP contribution is 2.22. The second-order valence-electron chi connectivity index (χ2n) is 3.52. The molecule has 0 aromatic heterocycles. The maximum absolute atomic E-state index is 3.39. The van der Waals surface area contributed by atoms with Crippen LogP contribution in [-0.2, 0) is 0 Å². The number of hydrogen-bond acceptors (Lipinski definition) is 2. The highest BCUT2D eigenvalue weighted by Gasteiger charge is 2.27. The minimum absolute atomic E-state index is 0.524. The van der Waals surface area contributed by atoms with Crippen molar-refractivity contribution >= 4 is 0 Å². The van der Waals surface area contributed by atoms with Crippen molar-refractivity contribution in [3.8, 4) is 0 Å². The second kappa shape index (κ2) is 3.35. The predicted molar refractivity (Wildman–Crippen MR) is 44.1 cm³/mol. The van der Waals surface area contributed by atoms with E-state index in [1.54, 1.807) is 0 Å². The third-order valence-corrected chi connectivity index (χ3v) is 2.26. The van der Waals surface area contributed by atoms with Gasteiger partial charge in [0, 0.05) is 13.1 Å². The van der Waals surface area contributed by atoms with Gasteiger partial charge in [-0.15, -0.1) is 0 Å². The number of rotatable bonds is 3. The second-order valence-corrected chi connectivity index (χ2v) is 3.52. The van der Waals surface area contributed by atoms with E-state index in [1.165, 1.54) is 19.5 Å². The maximum Gasteiger partial charge on any atom is 0.00178 e. The molecule has 1 atom stereocenters. The lowest BCUT2D eigenvalue weighted by Gasteiger charge is -2.22. The van der Waals surface area contributed by atoms with Crippen molar-refractivity contribution in [1.29, 1.82) is 0 Å². The number of nitrogens with one attached hydrogen (secondary N) is 2. The zero-order valence-corrected chi connectivity index (χ0v) is 7.04. The summed E-state index contributed by atoms with van der Waals surface area (Å²) in [5.41, 5.74) is 0.524. The normalized spacial score (nSPS) is 33.0. The van der Waals surface area contributed by atoms with Gasteiger partial charge in [-0.3, -0.25) is 0 Å². The molecule has 0 amide bonds. The zero-order valence-electron chi connectivity index (χ0n) is 7.04. The monoisotopic (exact) mass is 142 g/mol. The molecule has 60 valence electrons. The number of hydrogen-bond donors (Lipinski definition) is 2. The Morgan fingerprint density at radius 3 is 2.90 bits per heavy atom. The molecule has 1 saturated heterocycles. The fraction of sp³-hybridized carbons (Fsp3) is 1.00. The molecular formula is C8H18N2. The zero-order chi connectivity index (χ0) is 7.45. The Bertz CT molecular complexity index is 95.4. The molecule has 0 aromatic carbocycles. The van der Waals surface area contributed by atoms with E-state index in [-0.39, 0.29) is 0 Å². The molecular weight excluding hydrogens is 124 g/mol. The molecule has 1 aliphatic heterocycles. The van der Waals surface area contributed by atoms with Gasteiger partial charge in [-0.1, -0.05) is 13.8 Å². The first kappa shape index (κ1) is 8.02. The largest absolute Gasteiger partial charge is 0.316 e. The summed E-state index contributed by atoms with van der Waals surface area (Å²) in [5.74, 6) is 0. The third kappa shape index (κ3) is 1.96. The summed E-state index contributed by atoms with van der Waals surface area (Å²) in [6.07, 6.45) is 1.32. The third-order valence-electron chi connectivity index (χ3n) is 2.26. The fourth-order valence-corrected chi connectivity index (χ4v) is 1.45. The standard InChI is InChI=1S/C8H18N2/c1-3-9-6-8(2)4-5-10-7-8/h9-10H,3-7H2,1-2H3. The summed E-state index contributed by atoms with van der Waals surface area (Å²) < 4.78 is 0. The molecule has 2 nitrogen and oxygen atoms in total. The van der Waals surface area contributed by atoms with Crippen LogP contribution in [0.25, 0.3) is 0 Å². The minimum Gasteiger partial charge on any atom is -0.316 e. The summed E-state index contributed by atoms with van der Waals surface area (Å²) in [6, 6.07) is 0. The Balaban J connectivity index is 2.22. The van der Waals surface area contributed by atoms with Crippen LogP contribution in [0.2, 0.25) is 0 Å². The molecule has 0 saturated carbocycles. The van der Waals surface area contributed by atoms with E-state index in [9.17, 15) is 0 Å². The first-order chi connectivity index (χ1) is 4.77. The van der Waals surface area contributed by atoms with Gasteiger partial charge in [0.15, 0.2) is 0 Å². The Hall–Kier alpha value is -0.0800. The summed E-state index contributed by atoms with van der Waals surface area (Å²) in [4.78, 5) is 0. The molecule has 0 radical (unpaired) electrons. The molecule has 0 spiro atoms. The SMILES string of the molecule is CCNCC1(C)CCNC1. The van der Waals surface area contributed by atoms with E-state index in [2.05, 4.69) is 24.5 Å². The van der Waals surface area contributed by atoms with Crippen LogP contribution in [0, 0.1) is 5.41 Å². The Morgan fingerprint density at radius 1 is 1.60 bits per heavy atom. The Morgan fingerprint density at radius 2 is 2.40 bits per heavy atom. The summed E-state index contributed by atoms with van der Waals surface area (Å²) in [7, 11) is 0. The smallest absolute Gasteiger partial charge is 0.00178 e. The van der Waals surface area contributed by atoms with Crippen LogP contribution in [-0.4, -0.2) is 26.2 Å². The molecule has 2 N–H and O–H groups in total. The van der Waals surface area contributed by atoms with E-state index < -0.39 is 0 Å². The first-order valence-electron chi connectivity index (χ1n) is 4.18. The molecule has 2 heteroatoms. The molecule has 1 heterocycles. The van der Waals surface area contributed by atoms with Crippen LogP contribution < -0.4 is 10.6 Å². The molecule has 1 rings (SSSR count). The summed E-state index contributed by atoms with van der Waals surface area (Å²) in [6.45, 7) is 9.13. The maximum atomic E-state index is 3.39. The summed E-state index contributed by atoms with van der Waals surface area (Å²) >= 11 is 0. The van der Waals surface area contributed by atoms with Crippen molar-refractivity contribution in [2.45, 2.75) is 20.3 Å². The van der Waals surface area contributed by atoms with Gasteiger partial charge in [-0.25, -0.2) is 0 Å². The molecule has 1 fully saturated rings. The quantitative estimate of drug-likeness (QED) is 0.603. The van der Waals surface area contributed by atoms with E-state index in [0.717, 1.165) is 13.1 Å². The lowest BCUT2D eigenvalue weighted by molar-refractivity contribution is 0.344. The van der Waals surface area contributed by atoms with Gasteiger partial charge in [-0.2, -0.15) is 0 Å². The summed E-state index contributed by atoms with van der Waals surface area (Å²) in [5, 5.41) is 6.77. The van der Waals surface area contributed by atoms with Crippen molar-refractivity contribution in [1.82, 2.24) is 10.6 Å². The van der Waals surface area contributed by atoms with E-state index in [4.69, 9.17) is 0 Å². The Kier molecular flexibility index (Phi) is 2.69. The molecule has 1 unspecified atom stereocenters. The molecule has 10 heavy (non-hydrogen) atoms. The highest BCUT2D eigenvalue weighted by atomic mass is 15.0. The van der Waals surface area contributed by atoms with Crippen LogP contribution in [0.5, 0.6) is 0 Å². The van der Waals surface area contributed by atoms with Gasteiger partial charge in [0.2, 0.25) is 0 Å². The van der Waals surface area contributed by atoms with Crippen LogP contribution in [0.15, 0.2) is 0 Å². The van der Waals surface area contributed by atoms with Gasteiger partial charge in [0.1, 0.15) is 0 Å². The molecule has 0 aliphatic carbocycles. The van der Waals surface area contributed by atoms with Gasteiger partial charge in [-0.05, 0) is 24.9 Å². The van der Waals surface area contributed by atoms with Gasteiger partial charge in [0.25, 0.3) is 0 Å². The molecule has 0 aromatic rings. The van der Waals surface area contributed by atoms with E-state index in [1.807, 2.05) is 0 Å². The van der Waals surface area contributed by atoms with Crippen molar-refractivity contribution < 1.29 is 0 Å². The van der Waals surface area contributed by atoms with Crippen molar-refractivity contribution in [2.24, 2.45) is 5.41 Å². The topological polar surface area (TPSA) is 24.1 Å². The van der Waals surface area contributed by atoms with Crippen molar-refractivity contribution in [3.63, 3.8) is 0 Å². The lowest BCUT2D eigenvalue weighted by Crippen LogP contribution is -2.33. The Labute approximate surface area is 63.4 Å². The van der Waals surface area contributed by atoms with Crippen LogP contribution in [0.1, 0.15) is 20.3 Å². The van der Waals surface area contributed by atoms with Crippen LogP contribution >= 0.6 is 0 Å². The van der Waals surface area contributed by atoms with E-state index >= 15 is 0 Å². The first-order valence-corrected chi connectivity index (χ1v) is 4.18. The average molecular weight is 142 g/mol. The lowest BCUT2D eigenvalue weighted by atomic mass is 9.90. The van der Waals surface area contributed by atoms with Crippen molar-refractivity contribution in [2.75, 3.05) is 26.2 Å². The highest BCUT2D eigenvalue weighted by molar-refractivity contribution is 4.85. The van der Waals surface area contributed by atoms with Crippen LogP contribution in [0.3, 0.4) is 0 Å². The van der Waals surface area contributed by atoms with Crippen molar-refractivity contribution in [3.05, 3.63) is 0 Å². The average Bonchev–Trinajstić information content (AvgIpc) is 2.33. The molecule has 1 aliphatic rings. The molecule has 0 bridgehead atoms. The fourth-order valence-electron chi connectivity index (χ4n) is 1.45.